The highest BCUT2D eigenvalue weighted by Crippen LogP contribution is 2.35. The Morgan fingerprint density at radius 1 is 1.19 bits per heavy atom. The van der Waals surface area contributed by atoms with Gasteiger partial charge in [-0.2, -0.15) is 0 Å². The predicted octanol–water partition coefficient (Wildman–Crippen LogP) is 2.44. The first-order valence-electron chi connectivity index (χ1n) is 9.40. The zero-order valence-corrected chi connectivity index (χ0v) is 17.6. The summed E-state index contributed by atoms with van der Waals surface area (Å²) in [6.07, 6.45) is 6.91. The first-order valence-corrected chi connectivity index (χ1v) is 10.9. The van der Waals surface area contributed by atoms with E-state index in [1.54, 1.807) is 43.0 Å². The first kappa shape index (κ1) is 21.7. The number of nitrogens with two attached hydrogens (primary N) is 1. The van der Waals surface area contributed by atoms with Crippen LogP contribution in [0.3, 0.4) is 0 Å². The number of nitrogen functional groups attached to an aromatic ring is 1. The summed E-state index contributed by atoms with van der Waals surface area (Å²) in [6.45, 7) is -0.0428. The summed E-state index contributed by atoms with van der Waals surface area (Å²) < 4.78 is 32.8. The van der Waals surface area contributed by atoms with Crippen molar-refractivity contribution < 1.29 is 37.1 Å². The summed E-state index contributed by atoms with van der Waals surface area (Å²) in [5, 5.41) is 4.07. The van der Waals surface area contributed by atoms with Crippen LogP contribution < -0.4 is 15.0 Å². The highest BCUT2D eigenvalue weighted by molar-refractivity contribution is 7.46. The van der Waals surface area contributed by atoms with Crippen LogP contribution in [0.25, 0.3) is 11.3 Å². The lowest BCUT2D eigenvalue weighted by atomic mass is 10.1. The third-order valence-electron chi connectivity index (χ3n) is 4.45. The Kier molecular flexibility index (Phi) is 6.33. The molecule has 0 aliphatic carbocycles. The minimum absolute atomic E-state index is 0.212. The van der Waals surface area contributed by atoms with Crippen LogP contribution in [0.15, 0.2) is 70.3 Å². The first-order chi connectivity index (χ1) is 15.4. The molecule has 4 aromatic heterocycles. The number of phosphoric acid groups is 1. The van der Waals surface area contributed by atoms with Gasteiger partial charge in [0.1, 0.15) is 12.2 Å². The molecular formula is C20H20N4O7P+. The second kappa shape index (κ2) is 9.33. The van der Waals surface area contributed by atoms with Gasteiger partial charge in [0.2, 0.25) is 12.6 Å². The van der Waals surface area contributed by atoms with Crippen molar-refractivity contribution in [3.63, 3.8) is 0 Å². The zero-order valence-electron chi connectivity index (χ0n) is 16.7. The minimum Gasteiger partial charge on any atom is -0.473 e. The van der Waals surface area contributed by atoms with E-state index in [0.29, 0.717) is 35.9 Å². The lowest BCUT2D eigenvalue weighted by molar-refractivity contribution is -0.711. The average molecular weight is 459 g/mol. The third-order valence-corrected chi connectivity index (χ3v) is 4.91. The van der Waals surface area contributed by atoms with Gasteiger partial charge in [0.25, 0.3) is 5.82 Å². The van der Waals surface area contributed by atoms with Crippen LogP contribution in [0, 0.1) is 0 Å². The normalized spacial score (nSPS) is 11.6. The quantitative estimate of drug-likeness (QED) is 0.251. The van der Waals surface area contributed by atoms with Crippen LogP contribution in [0.5, 0.6) is 5.88 Å². The summed E-state index contributed by atoms with van der Waals surface area (Å²) >= 11 is 0. The van der Waals surface area contributed by atoms with Crippen molar-refractivity contribution in [1.29, 1.82) is 0 Å². The number of hydrogen-bond acceptors (Lipinski definition) is 8. The van der Waals surface area contributed by atoms with Crippen LogP contribution in [-0.2, 0) is 28.8 Å². The van der Waals surface area contributed by atoms with Gasteiger partial charge in [-0.05, 0) is 23.8 Å². The Hall–Kier alpha value is -3.50. The van der Waals surface area contributed by atoms with Gasteiger partial charge in [-0.15, -0.1) is 0 Å². The maximum atomic E-state index is 10.9. The SMILES string of the molecule is Nc1c(-c2cc(Cc3ccc(OCc4ccoc4)nc3)no2)ccc[n+]1COP(=O)(O)O. The number of rotatable bonds is 9. The van der Waals surface area contributed by atoms with Gasteiger partial charge in [-0.3, -0.25) is 5.73 Å². The van der Waals surface area contributed by atoms with Gasteiger partial charge >= 0.3 is 7.82 Å². The number of nitrogens with zero attached hydrogens (tertiary/aromatic N) is 3. The molecule has 0 bridgehead atoms. The molecular weight excluding hydrogens is 439 g/mol. The van der Waals surface area contributed by atoms with Crippen molar-refractivity contribution in [1.82, 2.24) is 10.1 Å². The topological polar surface area (TPSA) is 158 Å². The van der Waals surface area contributed by atoms with Crippen LogP contribution in [-0.4, -0.2) is 19.9 Å². The fraction of sp³-hybridized carbons (Fsp3) is 0.150. The summed E-state index contributed by atoms with van der Waals surface area (Å²) in [4.78, 5) is 22.1. The van der Waals surface area contributed by atoms with Crippen molar-refractivity contribution in [2.75, 3.05) is 5.73 Å². The molecule has 0 aromatic carbocycles. The predicted molar refractivity (Wildman–Crippen MR) is 110 cm³/mol. The molecule has 12 heteroatoms. The average Bonchev–Trinajstić information content (AvgIpc) is 3.44. The van der Waals surface area contributed by atoms with Gasteiger partial charge in [0.15, 0.2) is 5.76 Å². The molecule has 32 heavy (non-hydrogen) atoms. The molecule has 0 saturated carbocycles. The van der Waals surface area contributed by atoms with E-state index in [1.807, 2.05) is 12.1 Å². The van der Waals surface area contributed by atoms with E-state index in [1.165, 1.54) is 10.8 Å². The van der Waals surface area contributed by atoms with E-state index >= 15 is 0 Å². The molecule has 166 valence electrons. The molecule has 0 atom stereocenters. The van der Waals surface area contributed by atoms with E-state index in [0.717, 1.165) is 11.1 Å². The number of anilines is 1. The van der Waals surface area contributed by atoms with Crippen LogP contribution in [0.1, 0.15) is 16.8 Å². The molecule has 4 rings (SSSR count). The molecule has 4 heterocycles. The summed E-state index contributed by atoms with van der Waals surface area (Å²) in [7, 11) is -4.63. The summed E-state index contributed by atoms with van der Waals surface area (Å²) in [6, 6.07) is 10.6. The van der Waals surface area contributed by atoms with Gasteiger partial charge in [-0.25, -0.2) is 18.6 Å². The Balaban J connectivity index is 1.41. The van der Waals surface area contributed by atoms with Gasteiger partial charge in [-0.1, -0.05) is 11.2 Å². The van der Waals surface area contributed by atoms with Crippen LogP contribution >= 0.6 is 7.82 Å². The zero-order chi connectivity index (χ0) is 22.6. The molecule has 0 spiro atoms. The molecule has 0 aliphatic rings. The number of furan rings is 1. The minimum atomic E-state index is -4.63. The second-order valence-corrected chi connectivity index (χ2v) is 8.05. The number of hydrogen-bond donors (Lipinski definition) is 3. The summed E-state index contributed by atoms with van der Waals surface area (Å²) in [5.74, 6) is 1.12. The molecule has 0 amide bonds. The lowest BCUT2D eigenvalue weighted by Gasteiger charge is -2.07. The smallest absolute Gasteiger partial charge is 0.472 e. The Morgan fingerprint density at radius 3 is 2.78 bits per heavy atom. The maximum absolute atomic E-state index is 10.9. The van der Waals surface area contributed by atoms with Crippen molar-refractivity contribution in [3.05, 3.63) is 78.1 Å². The van der Waals surface area contributed by atoms with E-state index in [-0.39, 0.29) is 5.82 Å². The van der Waals surface area contributed by atoms with E-state index < -0.39 is 14.6 Å². The molecule has 4 N–H and O–H groups in total. The second-order valence-electron chi connectivity index (χ2n) is 6.81. The van der Waals surface area contributed by atoms with Crippen molar-refractivity contribution in [3.8, 4) is 17.2 Å². The molecule has 0 aliphatic heterocycles. The standard InChI is InChI=1S/C20H19N4O7P/c21-20-17(2-1-6-24(20)13-30-32(25,26)27)18-9-16(23-31-18)8-14-3-4-19(22-10-14)29-12-15-5-7-28-11-15/h1-7,9-11,21H,8,12-13H2,(H2,25,26,27)/p+1. The number of aromatic nitrogens is 3. The number of phosphoric ester groups is 1. The van der Waals surface area contributed by atoms with E-state index in [2.05, 4.69) is 14.7 Å². The Bertz CT molecular complexity index is 1220. The highest BCUT2D eigenvalue weighted by Gasteiger charge is 2.20. The van der Waals surface area contributed by atoms with Gasteiger partial charge < -0.3 is 23.5 Å². The Labute approximate surface area is 182 Å². The summed E-state index contributed by atoms with van der Waals surface area (Å²) in [5.41, 5.74) is 9.10. The molecule has 0 unspecified atom stereocenters. The molecule has 4 aromatic rings. The van der Waals surface area contributed by atoms with Crippen LogP contribution in [0.2, 0.25) is 0 Å². The van der Waals surface area contributed by atoms with Crippen molar-refractivity contribution in [2.24, 2.45) is 0 Å². The fourth-order valence-corrected chi connectivity index (χ4v) is 3.16. The molecule has 11 nitrogen and oxygen atoms in total. The van der Waals surface area contributed by atoms with Crippen LogP contribution in [0.4, 0.5) is 5.82 Å². The Morgan fingerprint density at radius 2 is 2.06 bits per heavy atom. The monoisotopic (exact) mass is 459 g/mol. The maximum Gasteiger partial charge on any atom is 0.472 e. The van der Waals surface area contributed by atoms with Gasteiger partial charge in [0, 0.05) is 30.3 Å². The molecule has 0 saturated heterocycles. The van der Waals surface area contributed by atoms with Crippen molar-refractivity contribution in [2.45, 2.75) is 19.8 Å². The van der Waals surface area contributed by atoms with Gasteiger partial charge in [0.05, 0.1) is 24.4 Å². The number of pyridine rings is 2. The van der Waals surface area contributed by atoms with Crippen molar-refractivity contribution >= 4 is 13.6 Å². The fourth-order valence-electron chi connectivity index (χ4n) is 2.89. The molecule has 0 radical (unpaired) electrons. The third kappa shape index (κ3) is 5.59. The lowest BCUT2D eigenvalue weighted by Crippen LogP contribution is -2.38. The number of ether oxygens (including phenoxy) is 1. The van der Waals surface area contributed by atoms with E-state index in [4.69, 9.17) is 29.2 Å². The van der Waals surface area contributed by atoms with E-state index in [9.17, 15) is 4.57 Å². The highest BCUT2D eigenvalue weighted by atomic mass is 31.2. The largest absolute Gasteiger partial charge is 0.473 e. The molecule has 0 fully saturated rings.